The highest BCUT2D eigenvalue weighted by Crippen LogP contribution is 2.26. The Morgan fingerprint density at radius 1 is 1.35 bits per heavy atom. The van der Waals surface area contributed by atoms with Crippen molar-refractivity contribution in [3.63, 3.8) is 0 Å². The van der Waals surface area contributed by atoms with Crippen molar-refractivity contribution >= 4 is 5.97 Å². The topological polar surface area (TPSA) is 26.3 Å². The number of cyclic esters (lactones) is 1. The molecule has 0 bridgehead atoms. The zero-order chi connectivity index (χ0) is 12.5. The molecule has 0 atom stereocenters. The van der Waals surface area contributed by atoms with Crippen molar-refractivity contribution in [3.8, 4) is 0 Å². The van der Waals surface area contributed by atoms with Crippen LogP contribution in [0.4, 0.5) is 0 Å². The predicted molar refractivity (Wildman–Crippen MR) is 70.5 cm³/mol. The van der Waals surface area contributed by atoms with E-state index in [4.69, 9.17) is 4.74 Å². The Morgan fingerprint density at radius 2 is 2.18 bits per heavy atom. The molecule has 1 aliphatic heterocycles. The van der Waals surface area contributed by atoms with Crippen LogP contribution in [0.25, 0.3) is 0 Å². The Kier molecular flexibility index (Phi) is 6.68. The largest absolute Gasteiger partial charge is 0.431 e. The van der Waals surface area contributed by atoms with E-state index in [1.807, 2.05) is 6.08 Å². The van der Waals surface area contributed by atoms with Gasteiger partial charge in [0.25, 0.3) is 0 Å². The zero-order valence-corrected chi connectivity index (χ0v) is 11.0. The van der Waals surface area contributed by atoms with Crippen molar-refractivity contribution in [3.05, 3.63) is 24.0 Å². The highest BCUT2D eigenvalue weighted by atomic mass is 16.5. The monoisotopic (exact) mass is 236 g/mol. The second-order valence-corrected chi connectivity index (χ2v) is 4.66. The van der Waals surface area contributed by atoms with Crippen molar-refractivity contribution in [2.45, 2.75) is 64.7 Å². The molecular formula is C15H24O2. The molecular weight excluding hydrogens is 212 g/mol. The van der Waals surface area contributed by atoms with Gasteiger partial charge in [-0.1, -0.05) is 32.3 Å². The van der Waals surface area contributed by atoms with E-state index in [1.54, 1.807) is 0 Å². The van der Waals surface area contributed by atoms with E-state index in [9.17, 15) is 4.79 Å². The minimum atomic E-state index is -0.0682. The Labute approximate surface area is 105 Å². The van der Waals surface area contributed by atoms with Gasteiger partial charge >= 0.3 is 5.97 Å². The summed E-state index contributed by atoms with van der Waals surface area (Å²) in [5.41, 5.74) is 1.28. The predicted octanol–water partition coefficient (Wildman–Crippen LogP) is 4.51. The van der Waals surface area contributed by atoms with Crippen LogP contribution >= 0.6 is 0 Å². The van der Waals surface area contributed by atoms with Gasteiger partial charge in [-0.2, -0.15) is 0 Å². The SMILES string of the molecule is C=CC/C(CCCCCC)=C1\CCCC(=O)O1. The summed E-state index contributed by atoms with van der Waals surface area (Å²) >= 11 is 0. The van der Waals surface area contributed by atoms with Crippen molar-refractivity contribution in [1.82, 2.24) is 0 Å². The standard InChI is InChI=1S/C15H24O2/c1-3-5-6-7-10-13(9-4-2)14-11-8-12-15(16)17-14/h4H,2-3,5-12H2,1H3/b14-13-. The van der Waals surface area contributed by atoms with Gasteiger partial charge in [0.15, 0.2) is 0 Å². The summed E-state index contributed by atoms with van der Waals surface area (Å²) < 4.78 is 5.35. The first-order valence-electron chi connectivity index (χ1n) is 6.80. The maximum Gasteiger partial charge on any atom is 0.310 e. The van der Waals surface area contributed by atoms with Crippen LogP contribution in [0.2, 0.25) is 0 Å². The zero-order valence-electron chi connectivity index (χ0n) is 11.0. The summed E-state index contributed by atoms with van der Waals surface area (Å²) in [6, 6.07) is 0. The quantitative estimate of drug-likeness (QED) is 0.369. The van der Waals surface area contributed by atoms with Gasteiger partial charge in [0.1, 0.15) is 5.76 Å². The van der Waals surface area contributed by atoms with Gasteiger partial charge in [0.2, 0.25) is 0 Å². The fourth-order valence-corrected chi connectivity index (χ4v) is 2.18. The molecule has 0 radical (unpaired) electrons. The first kappa shape index (κ1) is 14.0. The summed E-state index contributed by atoms with van der Waals surface area (Å²) in [5.74, 6) is 0.860. The highest BCUT2D eigenvalue weighted by Gasteiger charge is 2.17. The van der Waals surface area contributed by atoms with E-state index in [-0.39, 0.29) is 5.97 Å². The molecule has 0 aliphatic carbocycles. The van der Waals surface area contributed by atoms with Crippen LogP contribution < -0.4 is 0 Å². The third-order valence-corrected chi connectivity index (χ3v) is 3.14. The van der Waals surface area contributed by atoms with Crippen molar-refractivity contribution in [2.75, 3.05) is 0 Å². The smallest absolute Gasteiger partial charge is 0.310 e. The van der Waals surface area contributed by atoms with E-state index in [0.717, 1.165) is 31.4 Å². The normalized spacial score (nSPS) is 18.8. The Balaban J connectivity index is 2.52. The summed E-state index contributed by atoms with van der Waals surface area (Å²) in [6.45, 7) is 6.00. The number of ether oxygens (including phenoxy) is 1. The fourth-order valence-electron chi connectivity index (χ4n) is 2.18. The molecule has 0 aromatic rings. The lowest BCUT2D eigenvalue weighted by Crippen LogP contribution is -2.12. The molecule has 2 heteroatoms. The van der Waals surface area contributed by atoms with Gasteiger partial charge in [0.05, 0.1) is 0 Å². The van der Waals surface area contributed by atoms with Gasteiger partial charge in [0, 0.05) is 12.8 Å². The molecule has 17 heavy (non-hydrogen) atoms. The molecule has 96 valence electrons. The van der Waals surface area contributed by atoms with E-state index in [0.29, 0.717) is 6.42 Å². The Morgan fingerprint density at radius 3 is 2.82 bits per heavy atom. The lowest BCUT2D eigenvalue weighted by molar-refractivity contribution is -0.141. The lowest BCUT2D eigenvalue weighted by atomic mass is 9.99. The molecule has 0 aromatic carbocycles. The number of esters is 1. The highest BCUT2D eigenvalue weighted by molar-refractivity contribution is 5.71. The molecule has 0 aromatic heterocycles. The molecule has 0 spiro atoms. The molecule has 0 amide bonds. The molecule has 0 saturated carbocycles. The number of carbonyl (C=O) groups is 1. The van der Waals surface area contributed by atoms with Crippen LogP contribution in [0, 0.1) is 0 Å². The second-order valence-electron chi connectivity index (χ2n) is 4.66. The Bertz CT molecular complexity index is 289. The summed E-state index contributed by atoms with van der Waals surface area (Å²) in [4.78, 5) is 11.3. The Hall–Kier alpha value is -1.05. The third-order valence-electron chi connectivity index (χ3n) is 3.14. The number of hydrogen-bond donors (Lipinski definition) is 0. The molecule has 1 heterocycles. The molecule has 1 fully saturated rings. The van der Waals surface area contributed by atoms with Gasteiger partial charge in [-0.05, 0) is 31.3 Å². The van der Waals surface area contributed by atoms with Crippen LogP contribution in [0.15, 0.2) is 24.0 Å². The number of unbranched alkanes of at least 4 members (excludes halogenated alkanes) is 3. The summed E-state index contributed by atoms with van der Waals surface area (Å²) in [6.07, 6.45) is 11.2. The minimum Gasteiger partial charge on any atom is -0.431 e. The number of rotatable bonds is 7. The molecule has 0 N–H and O–H groups in total. The van der Waals surface area contributed by atoms with Crippen LogP contribution in [0.5, 0.6) is 0 Å². The second kappa shape index (κ2) is 8.10. The summed E-state index contributed by atoms with van der Waals surface area (Å²) in [7, 11) is 0. The maximum absolute atomic E-state index is 11.3. The average molecular weight is 236 g/mol. The maximum atomic E-state index is 11.3. The van der Waals surface area contributed by atoms with Crippen LogP contribution in [-0.2, 0) is 9.53 Å². The first-order valence-corrected chi connectivity index (χ1v) is 6.80. The van der Waals surface area contributed by atoms with Crippen molar-refractivity contribution in [2.24, 2.45) is 0 Å². The van der Waals surface area contributed by atoms with Crippen molar-refractivity contribution in [1.29, 1.82) is 0 Å². The van der Waals surface area contributed by atoms with E-state index >= 15 is 0 Å². The van der Waals surface area contributed by atoms with Gasteiger partial charge < -0.3 is 4.74 Å². The van der Waals surface area contributed by atoms with Gasteiger partial charge in [-0.25, -0.2) is 0 Å². The molecule has 1 saturated heterocycles. The molecule has 1 aliphatic rings. The fraction of sp³-hybridized carbons (Fsp3) is 0.667. The molecule has 2 nitrogen and oxygen atoms in total. The first-order chi connectivity index (χ1) is 8.27. The third kappa shape index (κ3) is 5.20. The number of hydrogen-bond acceptors (Lipinski definition) is 2. The van der Waals surface area contributed by atoms with Crippen LogP contribution in [-0.4, -0.2) is 5.97 Å². The van der Waals surface area contributed by atoms with Crippen molar-refractivity contribution < 1.29 is 9.53 Å². The molecule has 1 rings (SSSR count). The number of allylic oxidation sites excluding steroid dienone is 3. The number of carbonyl (C=O) groups excluding carboxylic acids is 1. The summed E-state index contributed by atoms with van der Waals surface area (Å²) in [5, 5.41) is 0. The minimum absolute atomic E-state index is 0.0682. The molecule has 0 unspecified atom stereocenters. The van der Waals surface area contributed by atoms with E-state index < -0.39 is 0 Å². The van der Waals surface area contributed by atoms with Gasteiger partial charge in [-0.3, -0.25) is 4.79 Å². The van der Waals surface area contributed by atoms with Crippen LogP contribution in [0.3, 0.4) is 0 Å². The van der Waals surface area contributed by atoms with E-state index in [1.165, 1.54) is 31.3 Å². The lowest BCUT2D eigenvalue weighted by Gasteiger charge is -2.18. The average Bonchev–Trinajstić information content (AvgIpc) is 2.33. The van der Waals surface area contributed by atoms with Crippen LogP contribution in [0.1, 0.15) is 64.7 Å². The van der Waals surface area contributed by atoms with E-state index in [2.05, 4.69) is 13.5 Å². The van der Waals surface area contributed by atoms with Gasteiger partial charge in [-0.15, -0.1) is 6.58 Å².